The molecule has 0 fully saturated rings. The molecule has 0 saturated heterocycles. The monoisotopic (exact) mass is 224 g/mol. The molecule has 86 valence electrons. The summed E-state index contributed by atoms with van der Waals surface area (Å²) in [5.41, 5.74) is 6.47. The van der Waals surface area contributed by atoms with Gasteiger partial charge in [0.15, 0.2) is 17.8 Å². The van der Waals surface area contributed by atoms with E-state index in [1.807, 2.05) is 0 Å². The van der Waals surface area contributed by atoms with Gasteiger partial charge in [-0.05, 0) is 0 Å². The lowest BCUT2D eigenvalue weighted by molar-refractivity contribution is 0.289. The summed E-state index contributed by atoms with van der Waals surface area (Å²) < 4.78 is 13.5. The fourth-order valence-electron chi connectivity index (χ4n) is 1.25. The van der Waals surface area contributed by atoms with E-state index in [1.165, 1.54) is 6.33 Å². The van der Waals surface area contributed by atoms with Crippen LogP contribution in [0.15, 0.2) is 6.33 Å². The molecule has 0 aliphatic rings. The molecule has 0 aliphatic carbocycles. The summed E-state index contributed by atoms with van der Waals surface area (Å²) in [6.07, 6.45) is 0.271. The fourth-order valence-corrected chi connectivity index (χ4v) is 1.25. The van der Waals surface area contributed by atoms with E-state index in [0.717, 1.165) is 0 Å². The third kappa shape index (κ3) is 1.88. The van der Waals surface area contributed by atoms with Crippen molar-refractivity contribution in [2.45, 2.75) is 20.1 Å². The second kappa shape index (κ2) is 3.92. The molecule has 2 heterocycles. The third-order valence-corrected chi connectivity index (χ3v) is 2.16. The van der Waals surface area contributed by atoms with Gasteiger partial charge in [-0.1, -0.05) is 13.8 Å². The molecule has 2 aromatic heterocycles. The first kappa shape index (κ1) is 10.6. The van der Waals surface area contributed by atoms with Crippen LogP contribution in [0.2, 0.25) is 0 Å². The summed E-state index contributed by atoms with van der Waals surface area (Å²) in [7, 11) is 0. The molecule has 1 unspecified atom stereocenters. The molecule has 0 saturated carbocycles. The van der Waals surface area contributed by atoms with Crippen molar-refractivity contribution in [3.8, 4) is 0 Å². The van der Waals surface area contributed by atoms with E-state index in [0.29, 0.717) is 17.0 Å². The summed E-state index contributed by atoms with van der Waals surface area (Å²) in [4.78, 5) is 14.6. The van der Waals surface area contributed by atoms with Crippen molar-refractivity contribution in [2.75, 3.05) is 11.1 Å². The predicted molar refractivity (Wildman–Crippen MR) is 59.5 cm³/mol. The van der Waals surface area contributed by atoms with Crippen LogP contribution < -0.4 is 11.1 Å². The maximum Gasteiger partial charge on any atom is 0.224 e. The zero-order valence-electron chi connectivity index (χ0n) is 9.03. The molecule has 7 heteroatoms. The van der Waals surface area contributed by atoms with E-state index in [2.05, 4.69) is 25.3 Å². The van der Waals surface area contributed by atoms with Gasteiger partial charge in [0, 0.05) is 5.92 Å². The number of fused-ring (bicyclic) bond motifs is 1. The van der Waals surface area contributed by atoms with Gasteiger partial charge < -0.3 is 16.0 Å². The van der Waals surface area contributed by atoms with Crippen molar-refractivity contribution in [3.63, 3.8) is 0 Å². The molecule has 2 rings (SSSR count). The van der Waals surface area contributed by atoms with E-state index in [9.17, 15) is 4.39 Å². The largest absolute Gasteiger partial charge is 0.368 e. The molecule has 0 spiro atoms. The molecule has 1 atom stereocenters. The Balaban J connectivity index is 2.39. The number of aromatic amines is 1. The SMILES string of the molecule is CC(C)C(F)Nc1nc(N)nc2nc[nH]c12. The van der Waals surface area contributed by atoms with Crippen LogP contribution in [-0.4, -0.2) is 26.2 Å². The Labute approximate surface area is 91.5 Å². The molecule has 4 N–H and O–H groups in total. The van der Waals surface area contributed by atoms with Gasteiger partial charge in [-0.15, -0.1) is 0 Å². The molecule has 0 aliphatic heterocycles. The first-order valence-electron chi connectivity index (χ1n) is 4.95. The zero-order chi connectivity index (χ0) is 11.7. The molecule has 0 aromatic carbocycles. The van der Waals surface area contributed by atoms with Crippen molar-refractivity contribution in [2.24, 2.45) is 5.92 Å². The van der Waals surface area contributed by atoms with Gasteiger partial charge in [-0.3, -0.25) is 0 Å². The molecular formula is C9H13FN6. The highest BCUT2D eigenvalue weighted by molar-refractivity contribution is 5.83. The second-order valence-corrected chi connectivity index (χ2v) is 3.82. The van der Waals surface area contributed by atoms with Crippen LogP contribution in [0.5, 0.6) is 0 Å². The van der Waals surface area contributed by atoms with Crippen molar-refractivity contribution >= 4 is 22.9 Å². The fraction of sp³-hybridized carbons (Fsp3) is 0.444. The van der Waals surface area contributed by atoms with Gasteiger partial charge in [-0.2, -0.15) is 9.97 Å². The predicted octanol–water partition coefficient (Wildman–Crippen LogP) is 1.30. The average molecular weight is 224 g/mol. The third-order valence-electron chi connectivity index (χ3n) is 2.16. The number of nitrogens with zero attached hydrogens (tertiary/aromatic N) is 3. The van der Waals surface area contributed by atoms with Crippen molar-refractivity contribution < 1.29 is 4.39 Å². The van der Waals surface area contributed by atoms with E-state index in [-0.39, 0.29) is 11.9 Å². The number of hydrogen-bond donors (Lipinski definition) is 3. The smallest absolute Gasteiger partial charge is 0.224 e. The number of nitrogens with two attached hydrogens (primary N) is 1. The van der Waals surface area contributed by atoms with Crippen LogP contribution in [0, 0.1) is 5.92 Å². The zero-order valence-corrected chi connectivity index (χ0v) is 9.03. The van der Waals surface area contributed by atoms with Gasteiger partial charge >= 0.3 is 0 Å². The molecular weight excluding hydrogens is 211 g/mol. The minimum Gasteiger partial charge on any atom is -0.368 e. The van der Waals surface area contributed by atoms with Crippen LogP contribution >= 0.6 is 0 Å². The van der Waals surface area contributed by atoms with Gasteiger partial charge in [0.05, 0.1) is 6.33 Å². The first-order chi connectivity index (χ1) is 7.58. The number of aromatic nitrogens is 4. The topological polar surface area (TPSA) is 92.5 Å². The van der Waals surface area contributed by atoms with Gasteiger partial charge in [-0.25, -0.2) is 9.37 Å². The number of nitrogen functional groups attached to an aromatic ring is 1. The quantitative estimate of drug-likeness (QED) is 0.683. The number of halogens is 1. The van der Waals surface area contributed by atoms with Crippen LogP contribution in [0.1, 0.15) is 13.8 Å². The van der Waals surface area contributed by atoms with Crippen LogP contribution in [0.4, 0.5) is 16.2 Å². The standard InChI is InChI=1S/C9H13FN6/c1-4(2)6(10)14-8-5-7(13-3-12-5)15-9(11)16-8/h3-4,6H,1-2H3,(H4,11,12,13,14,15,16). The number of nitrogens with one attached hydrogen (secondary N) is 2. The molecule has 6 nitrogen and oxygen atoms in total. The Bertz CT molecular complexity index is 494. The normalized spacial score (nSPS) is 13.2. The minimum absolute atomic E-state index is 0.0676. The highest BCUT2D eigenvalue weighted by Gasteiger charge is 2.15. The van der Waals surface area contributed by atoms with Crippen LogP contribution in [-0.2, 0) is 0 Å². The van der Waals surface area contributed by atoms with E-state index in [1.54, 1.807) is 13.8 Å². The van der Waals surface area contributed by atoms with Crippen molar-refractivity contribution in [1.82, 2.24) is 19.9 Å². The average Bonchev–Trinajstić information content (AvgIpc) is 2.65. The maximum atomic E-state index is 13.5. The summed E-state index contributed by atoms with van der Waals surface area (Å²) >= 11 is 0. The minimum atomic E-state index is -1.19. The molecule has 16 heavy (non-hydrogen) atoms. The molecule has 0 radical (unpaired) electrons. The Morgan fingerprint density at radius 2 is 2.19 bits per heavy atom. The van der Waals surface area contributed by atoms with Crippen molar-refractivity contribution in [3.05, 3.63) is 6.33 Å². The van der Waals surface area contributed by atoms with E-state index in [4.69, 9.17) is 5.73 Å². The first-order valence-corrected chi connectivity index (χ1v) is 4.95. The maximum absolute atomic E-state index is 13.5. The number of rotatable bonds is 3. The summed E-state index contributed by atoms with van der Waals surface area (Å²) in [6.45, 7) is 3.54. The van der Waals surface area contributed by atoms with Crippen molar-refractivity contribution in [1.29, 1.82) is 0 Å². The van der Waals surface area contributed by atoms with E-state index >= 15 is 0 Å². The molecule has 0 amide bonds. The molecule has 2 aromatic rings. The Kier molecular flexibility index (Phi) is 2.59. The Hall–Kier alpha value is -1.92. The number of anilines is 2. The lowest BCUT2D eigenvalue weighted by atomic mass is 10.2. The highest BCUT2D eigenvalue weighted by Crippen LogP contribution is 2.20. The van der Waals surface area contributed by atoms with Crippen LogP contribution in [0.3, 0.4) is 0 Å². The van der Waals surface area contributed by atoms with Gasteiger partial charge in [0.25, 0.3) is 0 Å². The number of alkyl halides is 1. The number of hydrogen-bond acceptors (Lipinski definition) is 5. The second-order valence-electron chi connectivity index (χ2n) is 3.82. The number of imidazole rings is 1. The molecule has 0 bridgehead atoms. The summed E-state index contributed by atoms with van der Waals surface area (Å²) in [5.74, 6) is 0.244. The van der Waals surface area contributed by atoms with Gasteiger partial charge in [0.1, 0.15) is 5.52 Å². The summed E-state index contributed by atoms with van der Waals surface area (Å²) in [5, 5.41) is 2.64. The van der Waals surface area contributed by atoms with E-state index < -0.39 is 6.30 Å². The lowest BCUT2D eigenvalue weighted by Gasteiger charge is -2.14. The Morgan fingerprint density at radius 1 is 1.44 bits per heavy atom. The summed E-state index contributed by atoms with van der Waals surface area (Å²) in [6, 6.07) is 0. The van der Waals surface area contributed by atoms with Gasteiger partial charge in [0.2, 0.25) is 5.95 Å². The lowest BCUT2D eigenvalue weighted by Crippen LogP contribution is -2.21. The highest BCUT2D eigenvalue weighted by atomic mass is 19.1. The van der Waals surface area contributed by atoms with Crippen LogP contribution in [0.25, 0.3) is 11.2 Å². The Morgan fingerprint density at radius 3 is 2.88 bits per heavy atom. The number of H-pyrrole nitrogens is 1.